The minimum absolute atomic E-state index is 0.845. The molecule has 0 saturated carbocycles. The van der Waals surface area contributed by atoms with Crippen LogP contribution in [0.3, 0.4) is 0 Å². The first kappa shape index (κ1) is 8.60. The number of hydrogen-bond donors (Lipinski definition) is 0. The Morgan fingerprint density at radius 3 is 1.73 bits per heavy atom. The second kappa shape index (κ2) is 4.30. The summed E-state index contributed by atoms with van der Waals surface area (Å²) in [6, 6.07) is 0. The van der Waals surface area contributed by atoms with Gasteiger partial charge in [0.25, 0.3) is 0 Å². The highest BCUT2D eigenvalue weighted by atomic mass is 32.3. The maximum atomic E-state index is 2.60. The Kier molecular flexibility index (Phi) is 3.37. The van der Waals surface area contributed by atoms with E-state index in [-0.39, 0.29) is 0 Å². The third-order valence-corrected chi connectivity index (χ3v) is 6.51. The van der Waals surface area contributed by atoms with Gasteiger partial charge in [-0.15, -0.1) is 35.3 Å². The van der Waals surface area contributed by atoms with E-state index in [1.807, 2.05) is 0 Å². The molecule has 64 valence electrons. The molecule has 3 rings (SSSR count). The maximum Gasteiger partial charge on any atom is 0.0957 e. The Bertz CT molecular complexity index is 95.1. The Labute approximate surface area is 81.0 Å². The number of nitrogens with zero attached hydrogens (tertiary/aromatic N) is 1. The summed E-state index contributed by atoms with van der Waals surface area (Å²) in [4.78, 5) is 2.60. The van der Waals surface area contributed by atoms with Gasteiger partial charge in [0.1, 0.15) is 0 Å². The van der Waals surface area contributed by atoms with Crippen LogP contribution in [0.4, 0.5) is 0 Å². The molecule has 3 aliphatic rings. The highest BCUT2D eigenvalue weighted by Gasteiger charge is 2.19. The Morgan fingerprint density at radius 1 is 0.818 bits per heavy atom. The van der Waals surface area contributed by atoms with Gasteiger partial charge < -0.3 is 4.90 Å². The molecule has 2 bridgehead atoms. The average Bonchev–Trinajstić information content (AvgIpc) is 1.80. The number of hydrogen-bond acceptors (Lipinski definition) is 4. The maximum absolute atomic E-state index is 2.60. The van der Waals surface area contributed by atoms with E-state index in [0.717, 1.165) is 3.91 Å². The molecule has 0 N–H and O–H groups in total. The molecule has 3 aliphatic heterocycles. The molecule has 0 unspecified atom stereocenters. The Morgan fingerprint density at radius 2 is 1.27 bits per heavy atom. The summed E-state index contributed by atoms with van der Waals surface area (Å²) in [6.45, 7) is 3.97. The Balaban J connectivity index is 1.96. The van der Waals surface area contributed by atoms with Gasteiger partial charge in [0, 0.05) is 36.9 Å². The van der Waals surface area contributed by atoms with E-state index in [0.29, 0.717) is 0 Å². The minimum atomic E-state index is 0.845. The second-order valence-electron chi connectivity index (χ2n) is 2.74. The molecule has 0 aromatic rings. The largest absolute Gasteiger partial charge is 0.301 e. The summed E-state index contributed by atoms with van der Waals surface area (Å²) in [5, 5.41) is 0. The van der Waals surface area contributed by atoms with Crippen molar-refractivity contribution in [1.82, 2.24) is 4.90 Å². The van der Waals surface area contributed by atoms with Gasteiger partial charge in [-0.25, -0.2) is 0 Å². The van der Waals surface area contributed by atoms with Gasteiger partial charge in [-0.2, -0.15) is 0 Å². The molecule has 0 aromatic carbocycles. The van der Waals surface area contributed by atoms with Crippen molar-refractivity contribution in [2.75, 3.05) is 36.9 Å². The van der Waals surface area contributed by atoms with Crippen LogP contribution >= 0.6 is 35.3 Å². The molecule has 3 fully saturated rings. The fourth-order valence-corrected chi connectivity index (χ4v) is 5.87. The van der Waals surface area contributed by atoms with Crippen LogP contribution in [0.1, 0.15) is 0 Å². The summed E-state index contributed by atoms with van der Waals surface area (Å²) in [5.74, 6) is 4.01. The fraction of sp³-hybridized carbons (Fsp3) is 1.00. The van der Waals surface area contributed by atoms with Gasteiger partial charge in [-0.05, 0) is 0 Å². The molecule has 0 radical (unpaired) electrons. The zero-order valence-electron chi connectivity index (χ0n) is 6.49. The van der Waals surface area contributed by atoms with Gasteiger partial charge in [-0.1, -0.05) is 0 Å². The van der Waals surface area contributed by atoms with Crippen LogP contribution in [0.25, 0.3) is 0 Å². The van der Waals surface area contributed by atoms with Crippen molar-refractivity contribution in [3.05, 3.63) is 0 Å². The van der Waals surface area contributed by atoms with E-state index in [1.165, 1.54) is 36.9 Å². The molecule has 3 saturated heterocycles. The first-order valence-electron chi connectivity index (χ1n) is 4.02. The van der Waals surface area contributed by atoms with Gasteiger partial charge in [0.2, 0.25) is 0 Å². The summed E-state index contributed by atoms with van der Waals surface area (Å²) in [6.07, 6.45) is 0. The zero-order valence-corrected chi connectivity index (χ0v) is 8.94. The van der Waals surface area contributed by atoms with Crippen molar-refractivity contribution in [3.63, 3.8) is 0 Å². The van der Waals surface area contributed by atoms with Crippen LogP contribution < -0.4 is 0 Å². The molecule has 0 aromatic heterocycles. The quantitative estimate of drug-likeness (QED) is 0.595. The third-order valence-electron chi connectivity index (χ3n) is 1.98. The Hall–Kier alpha value is 1.01. The standard InChI is InChI=1S/C7H13NS3/c1-4-9-7-10-5-2-8(1)3-6-11-7/h7H,1-6H2. The monoisotopic (exact) mass is 207 g/mol. The lowest BCUT2D eigenvalue weighted by atomic mass is 10.5. The van der Waals surface area contributed by atoms with Crippen LogP contribution in [0.15, 0.2) is 0 Å². The van der Waals surface area contributed by atoms with Crippen LogP contribution in [0.2, 0.25) is 0 Å². The fourth-order valence-electron chi connectivity index (χ4n) is 1.31. The van der Waals surface area contributed by atoms with Crippen molar-refractivity contribution in [2.45, 2.75) is 3.91 Å². The van der Waals surface area contributed by atoms with Crippen LogP contribution in [-0.4, -0.2) is 45.7 Å². The first-order chi connectivity index (χ1) is 5.45. The predicted octanol–water partition coefficient (Wildman–Crippen LogP) is 1.80. The van der Waals surface area contributed by atoms with Crippen molar-refractivity contribution in [2.24, 2.45) is 0 Å². The molecular weight excluding hydrogens is 194 g/mol. The van der Waals surface area contributed by atoms with E-state index in [9.17, 15) is 0 Å². The lowest BCUT2D eigenvalue weighted by Crippen LogP contribution is -2.34. The first-order valence-corrected chi connectivity index (χ1v) is 7.17. The predicted molar refractivity (Wildman–Crippen MR) is 57.6 cm³/mol. The molecule has 0 atom stereocenters. The molecule has 11 heavy (non-hydrogen) atoms. The minimum Gasteiger partial charge on any atom is -0.301 e. The zero-order chi connectivity index (χ0) is 7.52. The van der Waals surface area contributed by atoms with Crippen LogP contribution in [0, 0.1) is 0 Å². The summed E-state index contributed by atoms with van der Waals surface area (Å²) < 4.78 is 0.845. The van der Waals surface area contributed by atoms with Crippen molar-refractivity contribution in [3.8, 4) is 0 Å². The smallest absolute Gasteiger partial charge is 0.0957 e. The van der Waals surface area contributed by atoms with Crippen LogP contribution in [0.5, 0.6) is 0 Å². The lowest BCUT2D eigenvalue weighted by Gasteiger charge is -2.30. The summed E-state index contributed by atoms with van der Waals surface area (Å²) in [7, 11) is 0. The summed E-state index contributed by atoms with van der Waals surface area (Å²) >= 11 is 6.41. The SMILES string of the molecule is C1CN2CCSC(S1)SCC2. The topological polar surface area (TPSA) is 3.24 Å². The number of thioether (sulfide) groups is 3. The third kappa shape index (κ3) is 2.47. The summed E-state index contributed by atoms with van der Waals surface area (Å²) in [5.41, 5.74) is 0. The highest BCUT2D eigenvalue weighted by molar-refractivity contribution is 8.32. The molecule has 1 nitrogen and oxygen atoms in total. The normalized spacial score (nSPS) is 39.3. The van der Waals surface area contributed by atoms with E-state index < -0.39 is 0 Å². The number of rotatable bonds is 0. The van der Waals surface area contributed by atoms with E-state index in [2.05, 4.69) is 40.2 Å². The van der Waals surface area contributed by atoms with Crippen molar-refractivity contribution >= 4 is 35.3 Å². The van der Waals surface area contributed by atoms with Crippen LogP contribution in [-0.2, 0) is 0 Å². The van der Waals surface area contributed by atoms with Gasteiger partial charge >= 0.3 is 0 Å². The van der Waals surface area contributed by atoms with Gasteiger partial charge in [0.15, 0.2) is 0 Å². The number of fused-ring (bicyclic) bond motifs is 6. The highest BCUT2D eigenvalue weighted by Crippen LogP contribution is 2.36. The molecule has 4 heteroatoms. The lowest BCUT2D eigenvalue weighted by molar-refractivity contribution is 0.328. The van der Waals surface area contributed by atoms with E-state index in [4.69, 9.17) is 0 Å². The molecule has 3 heterocycles. The van der Waals surface area contributed by atoms with E-state index >= 15 is 0 Å². The van der Waals surface area contributed by atoms with Gasteiger partial charge in [-0.3, -0.25) is 0 Å². The van der Waals surface area contributed by atoms with Gasteiger partial charge in [0.05, 0.1) is 3.91 Å². The second-order valence-corrected chi connectivity index (χ2v) is 7.28. The molecular formula is C7H13NS3. The van der Waals surface area contributed by atoms with Crippen molar-refractivity contribution < 1.29 is 0 Å². The van der Waals surface area contributed by atoms with Crippen molar-refractivity contribution in [1.29, 1.82) is 0 Å². The average molecular weight is 207 g/mol. The molecule has 0 amide bonds. The molecule has 0 spiro atoms. The molecule has 0 aliphatic carbocycles. The van der Waals surface area contributed by atoms with E-state index in [1.54, 1.807) is 0 Å².